The van der Waals surface area contributed by atoms with E-state index in [4.69, 9.17) is 17.5 Å². The molecule has 18 heavy (non-hydrogen) atoms. The van der Waals surface area contributed by atoms with Crippen LogP contribution in [0.1, 0.15) is 16.7 Å². The predicted octanol–water partition coefficient (Wildman–Crippen LogP) is 3.43. The molecule has 1 N–H and O–H groups in total. The quantitative estimate of drug-likeness (QED) is 0.798. The van der Waals surface area contributed by atoms with Crippen LogP contribution in [0.25, 0.3) is 11.3 Å². The van der Waals surface area contributed by atoms with Crippen LogP contribution in [0, 0.1) is 35.6 Å². The Morgan fingerprint density at radius 3 is 2.67 bits per heavy atom. The number of benzene rings is 1. The molecule has 0 atom stereocenters. The Kier molecular flexibility index (Phi) is 3.21. The second-order valence-electron chi connectivity index (χ2n) is 3.99. The first-order valence-corrected chi connectivity index (χ1v) is 5.70. The van der Waals surface area contributed by atoms with Crippen LogP contribution >= 0.6 is 12.2 Å². The maximum absolute atomic E-state index is 13.4. The molecule has 1 aromatic carbocycles. The van der Waals surface area contributed by atoms with E-state index in [2.05, 4.69) is 10.2 Å². The molecule has 0 saturated heterocycles. The number of rotatable bonds is 1. The van der Waals surface area contributed by atoms with Crippen LogP contribution in [0.5, 0.6) is 0 Å². The highest BCUT2D eigenvalue weighted by molar-refractivity contribution is 7.71. The molecule has 2 rings (SSSR count). The number of nitrogens with one attached hydrogen (secondary N) is 1. The molecule has 1 heterocycles. The zero-order valence-electron chi connectivity index (χ0n) is 9.91. The number of halogens is 1. The minimum Gasteiger partial charge on any atom is -0.267 e. The summed E-state index contributed by atoms with van der Waals surface area (Å²) in [6, 6.07) is 6.08. The molecule has 1 aromatic heterocycles. The molecule has 0 spiro atoms. The summed E-state index contributed by atoms with van der Waals surface area (Å²) in [4.78, 5) is 0. The lowest BCUT2D eigenvalue weighted by Crippen LogP contribution is -1.97. The summed E-state index contributed by atoms with van der Waals surface area (Å²) in [6.07, 6.45) is 0. The van der Waals surface area contributed by atoms with Crippen molar-refractivity contribution < 1.29 is 4.39 Å². The minimum atomic E-state index is -0.453. The van der Waals surface area contributed by atoms with Gasteiger partial charge >= 0.3 is 0 Å². The van der Waals surface area contributed by atoms with Gasteiger partial charge in [-0.05, 0) is 43.2 Å². The molecule has 3 nitrogen and oxygen atoms in total. The lowest BCUT2D eigenvalue weighted by molar-refractivity contribution is 0.627. The van der Waals surface area contributed by atoms with E-state index >= 15 is 0 Å². The van der Waals surface area contributed by atoms with Gasteiger partial charge in [0.25, 0.3) is 0 Å². The minimum absolute atomic E-state index is 0.270. The summed E-state index contributed by atoms with van der Waals surface area (Å²) in [5.41, 5.74) is 3.23. The Labute approximate surface area is 109 Å². The van der Waals surface area contributed by atoms with Crippen molar-refractivity contribution >= 4 is 12.2 Å². The van der Waals surface area contributed by atoms with Crippen molar-refractivity contribution in [3.05, 3.63) is 45.3 Å². The van der Waals surface area contributed by atoms with Gasteiger partial charge in [-0.1, -0.05) is 12.2 Å². The SMILES string of the molecule is Cc1c(-c2cc(F)cc(C#N)c2)n[nH]c(=S)c1C. The van der Waals surface area contributed by atoms with Crippen LogP contribution in [0.2, 0.25) is 0 Å². The molecule has 0 aliphatic carbocycles. The molecule has 5 heteroatoms. The largest absolute Gasteiger partial charge is 0.267 e. The fourth-order valence-corrected chi connectivity index (χ4v) is 1.89. The van der Waals surface area contributed by atoms with Gasteiger partial charge in [-0.3, -0.25) is 5.10 Å². The van der Waals surface area contributed by atoms with Crippen molar-refractivity contribution in [2.45, 2.75) is 13.8 Å². The Bertz CT molecular complexity index is 713. The monoisotopic (exact) mass is 259 g/mol. The van der Waals surface area contributed by atoms with E-state index in [9.17, 15) is 4.39 Å². The molecule has 0 bridgehead atoms. The molecule has 0 amide bonds. The molecule has 0 aliphatic rings. The third-order valence-corrected chi connectivity index (χ3v) is 3.23. The van der Waals surface area contributed by atoms with Gasteiger partial charge in [-0.2, -0.15) is 10.4 Å². The highest BCUT2D eigenvalue weighted by Gasteiger charge is 2.09. The molecular formula is C13H10FN3S. The van der Waals surface area contributed by atoms with Gasteiger partial charge in [0, 0.05) is 5.56 Å². The van der Waals surface area contributed by atoms with Crippen LogP contribution in [-0.4, -0.2) is 10.2 Å². The lowest BCUT2D eigenvalue weighted by Gasteiger charge is -2.08. The number of nitriles is 1. The first-order valence-electron chi connectivity index (χ1n) is 5.30. The summed E-state index contributed by atoms with van der Waals surface area (Å²) >= 11 is 5.08. The van der Waals surface area contributed by atoms with Gasteiger partial charge in [-0.25, -0.2) is 4.39 Å². The Balaban J connectivity index is 2.70. The van der Waals surface area contributed by atoms with Crippen molar-refractivity contribution in [3.63, 3.8) is 0 Å². The molecular weight excluding hydrogens is 249 g/mol. The highest BCUT2D eigenvalue weighted by atomic mass is 32.1. The molecule has 2 aromatic rings. The average molecular weight is 259 g/mol. The zero-order chi connectivity index (χ0) is 13.3. The predicted molar refractivity (Wildman–Crippen MR) is 69.0 cm³/mol. The zero-order valence-corrected chi connectivity index (χ0v) is 10.7. The average Bonchev–Trinajstić information content (AvgIpc) is 2.35. The van der Waals surface area contributed by atoms with Crippen molar-refractivity contribution in [1.29, 1.82) is 5.26 Å². The third kappa shape index (κ3) is 2.15. The molecule has 0 fully saturated rings. The first kappa shape index (κ1) is 12.4. The van der Waals surface area contributed by atoms with Gasteiger partial charge in [0.2, 0.25) is 0 Å². The number of H-pyrrole nitrogens is 1. The Morgan fingerprint density at radius 2 is 2.00 bits per heavy atom. The van der Waals surface area contributed by atoms with Gasteiger partial charge in [-0.15, -0.1) is 0 Å². The van der Waals surface area contributed by atoms with Gasteiger partial charge in [0.05, 0.1) is 17.3 Å². The van der Waals surface area contributed by atoms with E-state index in [1.807, 2.05) is 19.9 Å². The first-order chi connectivity index (χ1) is 8.52. The summed E-state index contributed by atoms with van der Waals surface area (Å²) < 4.78 is 14.0. The second kappa shape index (κ2) is 4.67. The number of hydrogen-bond donors (Lipinski definition) is 1. The smallest absolute Gasteiger partial charge is 0.125 e. The highest BCUT2D eigenvalue weighted by Crippen LogP contribution is 2.24. The van der Waals surface area contributed by atoms with Crippen molar-refractivity contribution in [1.82, 2.24) is 10.2 Å². The van der Waals surface area contributed by atoms with Gasteiger partial charge in [0.15, 0.2) is 0 Å². The summed E-state index contributed by atoms with van der Waals surface area (Å²) in [7, 11) is 0. The lowest BCUT2D eigenvalue weighted by atomic mass is 10.0. The normalized spacial score (nSPS) is 10.1. The molecule has 0 radical (unpaired) electrons. The third-order valence-electron chi connectivity index (χ3n) is 2.83. The van der Waals surface area contributed by atoms with Crippen LogP contribution in [0.4, 0.5) is 4.39 Å². The van der Waals surface area contributed by atoms with E-state index in [-0.39, 0.29) is 5.56 Å². The van der Waals surface area contributed by atoms with Crippen LogP contribution in [-0.2, 0) is 0 Å². The fourth-order valence-electron chi connectivity index (χ4n) is 1.69. The summed E-state index contributed by atoms with van der Waals surface area (Å²) in [5, 5.41) is 15.7. The molecule has 0 unspecified atom stereocenters. The van der Waals surface area contributed by atoms with Gasteiger partial charge in [0.1, 0.15) is 10.5 Å². The second-order valence-corrected chi connectivity index (χ2v) is 4.40. The number of nitrogens with zero attached hydrogens (tertiary/aromatic N) is 2. The Hall–Kier alpha value is -2.06. The summed E-state index contributed by atoms with van der Waals surface area (Å²) in [5.74, 6) is -0.453. The van der Waals surface area contributed by atoms with E-state index in [0.717, 1.165) is 11.1 Å². The molecule has 0 saturated carbocycles. The van der Waals surface area contributed by atoms with Crippen molar-refractivity contribution in [2.75, 3.05) is 0 Å². The number of aromatic amines is 1. The van der Waals surface area contributed by atoms with Crippen LogP contribution < -0.4 is 0 Å². The molecule has 0 aliphatic heterocycles. The van der Waals surface area contributed by atoms with E-state index < -0.39 is 5.82 Å². The molecule has 90 valence electrons. The number of aromatic nitrogens is 2. The fraction of sp³-hybridized carbons (Fsp3) is 0.154. The van der Waals surface area contributed by atoms with Crippen molar-refractivity contribution in [2.24, 2.45) is 0 Å². The van der Waals surface area contributed by atoms with Crippen molar-refractivity contribution in [3.8, 4) is 17.3 Å². The maximum Gasteiger partial charge on any atom is 0.125 e. The van der Waals surface area contributed by atoms with E-state index in [1.165, 1.54) is 12.1 Å². The van der Waals surface area contributed by atoms with Gasteiger partial charge < -0.3 is 0 Å². The van der Waals surface area contributed by atoms with Crippen LogP contribution in [0.3, 0.4) is 0 Å². The van der Waals surface area contributed by atoms with E-state index in [0.29, 0.717) is 15.9 Å². The topological polar surface area (TPSA) is 52.5 Å². The Morgan fingerprint density at radius 1 is 1.28 bits per heavy atom. The number of hydrogen-bond acceptors (Lipinski definition) is 3. The van der Waals surface area contributed by atoms with Crippen LogP contribution in [0.15, 0.2) is 18.2 Å². The van der Waals surface area contributed by atoms with E-state index in [1.54, 1.807) is 6.07 Å². The summed E-state index contributed by atoms with van der Waals surface area (Å²) in [6.45, 7) is 3.75. The maximum atomic E-state index is 13.4. The standard InChI is InChI=1S/C13H10FN3S/c1-7-8(2)13(18)17-16-12(7)10-3-9(6-15)4-11(14)5-10/h3-5H,1-2H3,(H,17,18).